The molecule has 0 saturated heterocycles. The standard InChI is InChI=1S/C10H7BrN4O3/c11-5-2-1-3-12-8(5)15-9(16)6-7(10(17)18)14-4-13-6/h1-4H,(H,13,14)(H,17,18)(H,12,15,16). The van der Waals surface area contributed by atoms with Crippen LogP contribution in [0.5, 0.6) is 0 Å². The van der Waals surface area contributed by atoms with Crippen molar-refractivity contribution < 1.29 is 14.7 Å². The van der Waals surface area contributed by atoms with Gasteiger partial charge >= 0.3 is 5.97 Å². The van der Waals surface area contributed by atoms with E-state index in [1.54, 1.807) is 12.1 Å². The third kappa shape index (κ3) is 2.38. The summed E-state index contributed by atoms with van der Waals surface area (Å²) >= 11 is 3.21. The van der Waals surface area contributed by atoms with Crippen LogP contribution in [0.4, 0.5) is 5.82 Å². The highest BCUT2D eigenvalue weighted by atomic mass is 79.9. The number of carboxylic acids is 1. The van der Waals surface area contributed by atoms with Crippen molar-refractivity contribution >= 4 is 33.6 Å². The van der Waals surface area contributed by atoms with Crippen LogP contribution < -0.4 is 5.32 Å². The molecule has 18 heavy (non-hydrogen) atoms. The second-order valence-electron chi connectivity index (χ2n) is 3.22. The van der Waals surface area contributed by atoms with Crippen LogP contribution in [-0.2, 0) is 0 Å². The molecule has 0 fully saturated rings. The number of hydrogen-bond donors (Lipinski definition) is 3. The molecule has 8 heteroatoms. The summed E-state index contributed by atoms with van der Waals surface area (Å²) in [5.74, 6) is -1.60. The Balaban J connectivity index is 2.25. The molecule has 0 unspecified atom stereocenters. The number of carbonyl (C=O) groups excluding carboxylic acids is 1. The quantitative estimate of drug-likeness (QED) is 0.796. The first-order valence-electron chi connectivity index (χ1n) is 4.78. The van der Waals surface area contributed by atoms with Crippen LogP contribution >= 0.6 is 15.9 Å². The molecule has 0 spiro atoms. The van der Waals surface area contributed by atoms with E-state index < -0.39 is 11.9 Å². The average Bonchev–Trinajstić information content (AvgIpc) is 2.81. The van der Waals surface area contributed by atoms with Gasteiger partial charge in [0.05, 0.1) is 10.8 Å². The van der Waals surface area contributed by atoms with Gasteiger partial charge < -0.3 is 15.4 Å². The highest BCUT2D eigenvalue weighted by Gasteiger charge is 2.20. The third-order valence-electron chi connectivity index (χ3n) is 2.06. The van der Waals surface area contributed by atoms with Crippen molar-refractivity contribution in [3.8, 4) is 0 Å². The largest absolute Gasteiger partial charge is 0.477 e. The topological polar surface area (TPSA) is 108 Å². The summed E-state index contributed by atoms with van der Waals surface area (Å²) in [5.41, 5.74) is -0.459. The minimum absolute atomic E-state index is 0.194. The molecule has 2 aromatic heterocycles. The highest BCUT2D eigenvalue weighted by Crippen LogP contribution is 2.19. The molecule has 2 heterocycles. The Morgan fingerprint density at radius 1 is 1.39 bits per heavy atom. The van der Waals surface area contributed by atoms with E-state index in [1.165, 1.54) is 6.20 Å². The Bertz CT molecular complexity index is 611. The lowest BCUT2D eigenvalue weighted by Crippen LogP contribution is -2.17. The summed E-state index contributed by atoms with van der Waals surface area (Å²) in [6.45, 7) is 0. The third-order valence-corrected chi connectivity index (χ3v) is 2.70. The van der Waals surface area contributed by atoms with Crippen LogP contribution in [0.3, 0.4) is 0 Å². The molecular weight excluding hydrogens is 304 g/mol. The van der Waals surface area contributed by atoms with E-state index in [0.717, 1.165) is 6.33 Å². The number of carbonyl (C=O) groups is 2. The predicted molar refractivity (Wildman–Crippen MR) is 65.4 cm³/mol. The summed E-state index contributed by atoms with van der Waals surface area (Å²) in [6, 6.07) is 3.39. The van der Waals surface area contributed by atoms with Crippen molar-refractivity contribution in [1.29, 1.82) is 0 Å². The van der Waals surface area contributed by atoms with E-state index in [4.69, 9.17) is 5.11 Å². The highest BCUT2D eigenvalue weighted by molar-refractivity contribution is 9.10. The predicted octanol–water partition coefficient (Wildman–Crippen LogP) is 1.52. The van der Waals surface area contributed by atoms with Crippen LogP contribution in [-0.4, -0.2) is 31.9 Å². The van der Waals surface area contributed by atoms with Gasteiger partial charge in [0.2, 0.25) is 0 Å². The molecule has 7 nitrogen and oxygen atoms in total. The minimum atomic E-state index is -1.25. The first-order valence-corrected chi connectivity index (χ1v) is 5.57. The molecule has 92 valence electrons. The Morgan fingerprint density at radius 3 is 2.83 bits per heavy atom. The Kier molecular flexibility index (Phi) is 3.38. The number of amides is 1. The molecule has 0 aliphatic heterocycles. The molecule has 0 aliphatic rings. The number of pyridine rings is 1. The number of rotatable bonds is 3. The van der Waals surface area contributed by atoms with Gasteiger partial charge in [0.15, 0.2) is 11.4 Å². The number of aromatic nitrogens is 3. The number of halogens is 1. The maximum absolute atomic E-state index is 11.8. The zero-order valence-electron chi connectivity index (χ0n) is 8.85. The Labute approximate surface area is 109 Å². The van der Waals surface area contributed by atoms with Gasteiger partial charge in [-0.15, -0.1) is 0 Å². The van der Waals surface area contributed by atoms with E-state index in [9.17, 15) is 9.59 Å². The van der Waals surface area contributed by atoms with E-state index in [0.29, 0.717) is 10.3 Å². The number of hydrogen-bond acceptors (Lipinski definition) is 4. The summed E-state index contributed by atoms with van der Waals surface area (Å²) < 4.78 is 0.589. The number of nitrogens with zero attached hydrogens (tertiary/aromatic N) is 2. The van der Waals surface area contributed by atoms with Crippen molar-refractivity contribution in [2.75, 3.05) is 5.32 Å². The zero-order chi connectivity index (χ0) is 13.1. The van der Waals surface area contributed by atoms with Gasteiger partial charge in [0, 0.05) is 6.20 Å². The van der Waals surface area contributed by atoms with Gasteiger partial charge in [-0.1, -0.05) is 0 Å². The zero-order valence-corrected chi connectivity index (χ0v) is 10.4. The van der Waals surface area contributed by atoms with Crippen molar-refractivity contribution in [3.63, 3.8) is 0 Å². The van der Waals surface area contributed by atoms with Crippen LogP contribution in [0.15, 0.2) is 29.1 Å². The lowest BCUT2D eigenvalue weighted by Gasteiger charge is -2.04. The number of aromatic carboxylic acids is 1. The molecule has 2 aromatic rings. The van der Waals surface area contributed by atoms with E-state index in [2.05, 4.69) is 36.2 Å². The monoisotopic (exact) mass is 310 g/mol. The van der Waals surface area contributed by atoms with Crippen molar-refractivity contribution in [2.45, 2.75) is 0 Å². The van der Waals surface area contributed by atoms with Gasteiger partial charge in [0.1, 0.15) is 5.82 Å². The lowest BCUT2D eigenvalue weighted by atomic mass is 10.3. The van der Waals surface area contributed by atoms with Crippen molar-refractivity contribution in [2.24, 2.45) is 0 Å². The summed E-state index contributed by atoms with van der Waals surface area (Å²) in [6.07, 6.45) is 2.65. The number of imidazole rings is 1. The smallest absolute Gasteiger partial charge is 0.354 e. The van der Waals surface area contributed by atoms with Gasteiger partial charge in [0.25, 0.3) is 5.91 Å². The maximum Gasteiger partial charge on any atom is 0.354 e. The molecule has 0 aromatic carbocycles. The van der Waals surface area contributed by atoms with E-state index in [-0.39, 0.29) is 11.4 Å². The number of nitrogens with one attached hydrogen (secondary N) is 2. The first kappa shape index (κ1) is 12.2. The Morgan fingerprint density at radius 2 is 2.17 bits per heavy atom. The van der Waals surface area contributed by atoms with Gasteiger partial charge in [-0.25, -0.2) is 14.8 Å². The lowest BCUT2D eigenvalue weighted by molar-refractivity contribution is 0.0686. The molecule has 0 radical (unpaired) electrons. The summed E-state index contributed by atoms with van der Waals surface area (Å²) in [7, 11) is 0. The normalized spacial score (nSPS) is 10.1. The van der Waals surface area contributed by atoms with Crippen molar-refractivity contribution in [3.05, 3.63) is 40.5 Å². The molecule has 3 N–H and O–H groups in total. The number of carboxylic acid groups (broad SMARTS) is 1. The first-order chi connectivity index (χ1) is 8.59. The van der Waals surface area contributed by atoms with E-state index in [1.807, 2.05) is 0 Å². The average molecular weight is 311 g/mol. The molecule has 0 atom stereocenters. The van der Waals surface area contributed by atoms with Crippen molar-refractivity contribution in [1.82, 2.24) is 15.0 Å². The second-order valence-corrected chi connectivity index (χ2v) is 4.07. The van der Waals surface area contributed by atoms with E-state index >= 15 is 0 Å². The second kappa shape index (κ2) is 4.96. The Hall–Kier alpha value is -2.22. The molecule has 2 rings (SSSR count). The van der Waals surface area contributed by atoms with Gasteiger partial charge in [-0.2, -0.15) is 0 Å². The SMILES string of the molecule is O=C(Nc1ncccc1Br)c1nc[nH]c1C(=O)O. The summed E-state index contributed by atoms with van der Waals surface area (Å²) in [4.78, 5) is 32.7. The van der Waals surface area contributed by atoms with Gasteiger partial charge in [-0.3, -0.25) is 4.79 Å². The fourth-order valence-electron chi connectivity index (χ4n) is 1.27. The molecule has 0 aliphatic carbocycles. The van der Waals surface area contributed by atoms with Crippen LogP contribution in [0.2, 0.25) is 0 Å². The maximum atomic E-state index is 11.8. The summed E-state index contributed by atoms with van der Waals surface area (Å²) in [5, 5.41) is 11.3. The molecule has 0 bridgehead atoms. The van der Waals surface area contributed by atoms with Crippen LogP contribution in [0, 0.1) is 0 Å². The molecule has 0 saturated carbocycles. The number of aromatic amines is 1. The fraction of sp³-hybridized carbons (Fsp3) is 0. The van der Waals surface area contributed by atoms with Gasteiger partial charge in [-0.05, 0) is 28.1 Å². The minimum Gasteiger partial charge on any atom is -0.477 e. The molecule has 1 amide bonds. The number of anilines is 1. The number of H-pyrrole nitrogens is 1. The van der Waals surface area contributed by atoms with Crippen LogP contribution in [0.1, 0.15) is 21.0 Å². The fourth-order valence-corrected chi connectivity index (χ4v) is 1.63. The van der Waals surface area contributed by atoms with Crippen LogP contribution in [0.25, 0.3) is 0 Å². The molecular formula is C10H7BrN4O3.